The molecule has 6 nitrogen and oxygen atoms in total. The number of hydrogen-bond acceptors (Lipinski definition) is 3. The molecule has 0 aromatic rings. The van der Waals surface area contributed by atoms with Gasteiger partial charge in [-0.2, -0.15) is 0 Å². The molecule has 0 aromatic carbocycles. The first-order chi connectivity index (χ1) is 3.73. The Bertz CT molecular complexity index is 158. The standard InChI is InChI=1S/C2H4O2.Co.Mo.2H2O.2O/c1-2(3)4;;;;;;/h1H3,(H,3,4);;;2*1H2;;/q;;+2;;;;/p-2. The zero-order valence-corrected chi connectivity index (χ0v) is 7.86. The molecule has 0 heterocycles. The second-order valence-corrected chi connectivity index (χ2v) is 3.17. The molecule has 0 aliphatic heterocycles. The van der Waals surface area contributed by atoms with Crippen LogP contribution in [0.25, 0.3) is 0 Å². The molecule has 3 N–H and O–H groups in total. The Morgan fingerprint density at radius 1 is 1.30 bits per heavy atom. The molecular weight excluding hydrogens is 275 g/mol. The van der Waals surface area contributed by atoms with Gasteiger partial charge in [-0.1, -0.05) is 0 Å². The van der Waals surface area contributed by atoms with E-state index in [9.17, 15) is 0 Å². The summed E-state index contributed by atoms with van der Waals surface area (Å²) in [4.78, 5) is 9.00. The van der Waals surface area contributed by atoms with E-state index in [1.807, 2.05) is 0 Å². The van der Waals surface area contributed by atoms with E-state index in [2.05, 4.69) is 0 Å². The van der Waals surface area contributed by atoms with Crippen LogP contribution in [-0.4, -0.2) is 18.6 Å². The Labute approximate surface area is 70.8 Å². The fourth-order valence-electron chi connectivity index (χ4n) is 0. The van der Waals surface area contributed by atoms with Crippen molar-refractivity contribution in [2.24, 2.45) is 0 Å². The summed E-state index contributed by atoms with van der Waals surface area (Å²) in [6.45, 7) is 1.08. The minimum absolute atomic E-state index is 0. The van der Waals surface area contributed by atoms with Crippen molar-refractivity contribution < 1.29 is 57.7 Å². The maximum atomic E-state index is 9.00. The Morgan fingerprint density at radius 2 is 1.30 bits per heavy atom. The molecule has 0 aliphatic carbocycles. The van der Waals surface area contributed by atoms with Gasteiger partial charge in [0.15, 0.2) is 0 Å². The molecule has 0 unspecified atom stereocenters. The van der Waals surface area contributed by atoms with E-state index in [-0.39, 0.29) is 16.8 Å². The van der Waals surface area contributed by atoms with Crippen LogP contribution in [0, 0.1) is 0 Å². The van der Waals surface area contributed by atoms with E-state index in [0.29, 0.717) is 0 Å². The first-order valence-corrected chi connectivity index (χ1v) is 5.06. The number of aliphatic carboxylic acids is 1. The average molecular weight is 281 g/mol. The van der Waals surface area contributed by atoms with Gasteiger partial charge in [0, 0.05) is 23.7 Å². The molecule has 8 heteroatoms. The Hall–Kier alpha value is 0.185. The Kier molecular flexibility index (Phi) is 12.1. The van der Waals surface area contributed by atoms with E-state index < -0.39 is 22.7 Å². The average Bonchev–Trinajstić information content (AvgIpc) is 1.19. The Balaban J connectivity index is -0.0000000910. The van der Waals surface area contributed by atoms with Gasteiger partial charge in [-0.25, -0.2) is 0 Å². The topological polar surface area (TPSA) is 112 Å². The van der Waals surface area contributed by atoms with Crippen molar-refractivity contribution in [3.05, 3.63) is 0 Å². The summed E-state index contributed by atoms with van der Waals surface area (Å²) in [7, 11) is 0. The molecule has 0 atom stereocenters. The predicted molar refractivity (Wildman–Crippen MR) is 19.1 cm³/mol. The summed E-state index contributed by atoms with van der Waals surface area (Å²) >= 11 is -5.52. The molecule has 0 rings (SSSR count). The molecular formula is C2H6CoMoO6. The van der Waals surface area contributed by atoms with Crippen molar-refractivity contribution in [2.75, 3.05) is 0 Å². The van der Waals surface area contributed by atoms with Crippen LogP contribution in [0.3, 0.4) is 0 Å². The number of rotatable bonds is 0. The normalized spacial score (nSPS) is 8.30. The van der Waals surface area contributed by atoms with Crippen LogP contribution in [0.5, 0.6) is 0 Å². The van der Waals surface area contributed by atoms with Crippen molar-refractivity contribution in [1.82, 2.24) is 0 Å². The molecule has 0 saturated carbocycles. The van der Waals surface area contributed by atoms with E-state index in [1.54, 1.807) is 0 Å². The number of carbonyl (C=O) groups is 1. The molecule has 0 amide bonds. The van der Waals surface area contributed by atoms with E-state index in [4.69, 9.17) is 24.2 Å². The van der Waals surface area contributed by atoms with Crippen molar-refractivity contribution in [3.8, 4) is 0 Å². The summed E-state index contributed by atoms with van der Waals surface area (Å²) in [5.74, 6) is -0.833. The molecule has 0 aromatic heterocycles. The van der Waals surface area contributed by atoms with Gasteiger partial charge in [0.25, 0.3) is 5.97 Å². The monoisotopic (exact) mass is 283 g/mol. The van der Waals surface area contributed by atoms with Crippen molar-refractivity contribution in [1.29, 1.82) is 0 Å². The van der Waals surface area contributed by atoms with Gasteiger partial charge in [0.05, 0.1) is 0 Å². The molecule has 65 valence electrons. The number of carboxylic acid groups (broad SMARTS) is 1. The zero-order valence-electron chi connectivity index (χ0n) is 4.81. The van der Waals surface area contributed by atoms with Crippen LogP contribution >= 0.6 is 0 Å². The third-order valence-corrected chi connectivity index (χ3v) is 0. The van der Waals surface area contributed by atoms with Gasteiger partial charge in [0.2, 0.25) is 0 Å². The van der Waals surface area contributed by atoms with Gasteiger partial charge in [0.1, 0.15) is 0 Å². The first kappa shape index (κ1) is 16.6. The molecule has 0 aliphatic rings. The van der Waals surface area contributed by atoms with Crippen LogP contribution in [0.1, 0.15) is 6.92 Å². The van der Waals surface area contributed by atoms with Gasteiger partial charge in [-0.15, -0.1) is 0 Å². The Morgan fingerprint density at radius 3 is 1.30 bits per heavy atom. The van der Waals surface area contributed by atoms with E-state index >= 15 is 0 Å². The summed E-state index contributed by atoms with van der Waals surface area (Å²) in [5.41, 5.74) is 0. The summed E-state index contributed by atoms with van der Waals surface area (Å²) in [6, 6.07) is 0. The van der Waals surface area contributed by atoms with Crippen LogP contribution in [0.2, 0.25) is 0 Å². The van der Waals surface area contributed by atoms with Crippen LogP contribution < -0.4 is 0 Å². The number of carboxylic acids is 1. The quantitative estimate of drug-likeness (QED) is 0.477. The second kappa shape index (κ2) is 7.29. The first-order valence-electron chi connectivity index (χ1n) is 1.63. The molecule has 0 saturated heterocycles. The summed E-state index contributed by atoms with van der Waals surface area (Å²) in [6.07, 6.45) is 0. The fourth-order valence-corrected chi connectivity index (χ4v) is 0. The van der Waals surface area contributed by atoms with E-state index in [0.717, 1.165) is 6.92 Å². The molecule has 0 bridgehead atoms. The molecule has 10 heavy (non-hydrogen) atoms. The third-order valence-electron chi connectivity index (χ3n) is 0. The van der Waals surface area contributed by atoms with Crippen LogP contribution in [0.15, 0.2) is 0 Å². The van der Waals surface area contributed by atoms with E-state index in [1.165, 1.54) is 0 Å². The maximum absolute atomic E-state index is 9.00. The summed E-state index contributed by atoms with van der Waals surface area (Å²) < 4.78 is 32.0. The van der Waals surface area contributed by atoms with Gasteiger partial charge >= 0.3 is 31.1 Å². The zero-order chi connectivity index (χ0) is 8.08. The molecule has 1 radical (unpaired) electrons. The minimum atomic E-state index is -5.52. The van der Waals surface area contributed by atoms with Crippen LogP contribution in [0.4, 0.5) is 0 Å². The molecule has 0 fully saturated rings. The summed E-state index contributed by atoms with van der Waals surface area (Å²) in [5, 5.41) is 7.42. The van der Waals surface area contributed by atoms with Crippen molar-refractivity contribution in [2.45, 2.75) is 6.92 Å². The number of hydrogen-bond donors (Lipinski definition) is 3. The van der Waals surface area contributed by atoms with Gasteiger partial charge in [-0.3, -0.25) is 4.79 Å². The molecule has 0 spiro atoms. The SMILES string of the molecule is CC(=O)O.[Co].[O]=[Mo](=[O])([OH])[OH]. The van der Waals surface area contributed by atoms with Crippen molar-refractivity contribution >= 4 is 5.97 Å². The fraction of sp³-hybridized carbons (Fsp3) is 0.500. The van der Waals surface area contributed by atoms with Crippen molar-refractivity contribution in [3.63, 3.8) is 0 Å². The second-order valence-electron chi connectivity index (χ2n) is 0.967. The third kappa shape index (κ3) is 12400. The van der Waals surface area contributed by atoms with Gasteiger partial charge in [-0.05, 0) is 0 Å². The van der Waals surface area contributed by atoms with Crippen LogP contribution in [-0.2, 0) is 45.1 Å². The van der Waals surface area contributed by atoms with Gasteiger partial charge < -0.3 is 5.11 Å². The predicted octanol–water partition coefficient (Wildman–Crippen LogP) is -1.27.